The number of thiazole rings is 1. The van der Waals surface area contributed by atoms with Crippen molar-refractivity contribution >= 4 is 11.3 Å². The highest BCUT2D eigenvalue weighted by atomic mass is 32.1. The van der Waals surface area contributed by atoms with Crippen LogP contribution in [0.4, 0.5) is 0 Å². The lowest BCUT2D eigenvalue weighted by Crippen LogP contribution is -1.99. The number of aromatic nitrogens is 1. The van der Waals surface area contributed by atoms with Crippen LogP contribution >= 0.6 is 11.3 Å². The molecular weight excluding hydrogens is 210 g/mol. The molecule has 0 radical (unpaired) electrons. The van der Waals surface area contributed by atoms with Crippen LogP contribution in [0.2, 0.25) is 0 Å². The Morgan fingerprint density at radius 1 is 1.40 bits per heavy atom. The van der Waals surface area contributed by atoms with Crippen molar-refractivity contribution in [2.24, 2.45) is 0 Å². The van der Waals surface area contributed by atoms with Gasteiger partial charge in [-0.25, -0.2) is 0 Å². The molecule has 1 unspecified atom stereocenters. The van der Waals surface area contributed by atoms with Crippen LogP contribution in [0.5, 0.6) is 5.75 Å². The molecule has 3 nitrogen and oxygen atoms in total. The van der Waals surface area contributed by atoms with E-state index in [4.69, 9.17) is 0 Å². The lowest BCUT2D eigenvalue weighted by atomic mass is 10.1. The van der Waals surface area contributed by atoms with Crippen LogP contribution in [0.1, 0.15) is 16.5 Å². The van der Waals surface area contributed by atoms with E-state index in [0.29, 0.717) is 6.42 Å². The number of aliphatic hydroxyl groups is 1. The SMILES string of the molecule is Oc1cccc(CC(O)c2cncs2)c1. The van der Waals surface area contributed by atoms with Gasteiger partial charge in [-0.05, 0) is 17.7 Å². The Morgan fingerprint density at radius 2 is 2.27 bits per heavy atom. The number of nitrogens with zero attached hydrogens (tertiary/aromatic N) is 1. The van der Waals surface area contributed by atoms with Gasteiger partial charge in [0.1, 0.15) is 5.75 Å². The molecule has 0 aliphatic carbocycles. The van der Waals surface area contributed by atoms with Gasteiger partial charge >= 0.3 is 0 Å². The fraction of sp³-hybridized carbons (Fsp3) is 0.182. The lowest BCUT2D eigenvalue weighted by molar-refractivity contribution is 0.182. The van der Waals surface area contributed by atoms with Gasteiger partial charge < -0.3 is 10.2 Å². The van der Waals surface area contributed by atoms with Gasteiger partial charge in [0, 0.05) is 12.6 Å². The molecule has 1 aromatic carbocycles. The van der Waals surface area contributed by atoms with Gasteiger partial charge in [0.05, 0.1) is 16.5 Å². The summed E-state index contributed by atoms with van der Waals surface area (Å²) in [5.74, 6) is 0.226. The Balaban J connectivity index is 2.09. The normalized spacial score (nSPS) is 12.6. The van der Waals surface area contributed by atoms with Gasteiger partial charge in [-0.2, -0.15) is 0 Å². The number of aliphatic hydroxyl groups excluding tert-OH is 1. The largest absolute Gasteiger partial charge is 0.508 e. The molecule has 0 fully saturated rings. The van der Waals surface area contributed by atoms with Crippen molar-refractivity contribution in [1.82, 2.24) is 4.98 Å². The van der Waals surface area contributed by atoms with Crippen LogP contribution in [0.3, 0.4) is 0 Å². The predicted octanol–water partition coefficient (Wildman–Crippen LogP) is 2.12. The summed E-state index contributed by atoms with van der Waals surface area (Å²) in [4.78, 5) is 4.76. The summed E-state index contributed by atoms with van der Waals surface area (Å²) in [6.45, 7) is 0. The smallest absolute Gasteiger partial charge is 0.115 e. The third kappa shape index (κ3) is 2.55. The first-order valence-corrected chi connectivity index (χ1v) is 5.48. The minimum absolute atomic E-state index is 0.226. The summed E-state index contributed by atoms with van der Waals surface area (Å²) in [7, 11) is 0. The molecule has 78 valence electrons. The molecule has 0 saturated heterocycles. The van der Waals surface area contributed by atoms with Crippen molar-refractivity contribution in [2.45, 2.75) is 12.5 Å². The first-order valence-electron chi connectivity index (χ1n) is 4.60. The number of hydrogen-bond acceptors (Lipinski definition) is 4. The van der Waals surface area contributed by atoms with Crippen molar-refractivity contribution in [3.05, 3.63) is 46.4 Å². The molecular formula is C11H11NO2S. The van der Waals surface area contributed by atoms with Crippen molar-refractivity contribution < 1.29 is 10.2 Å². The van der Waals surface area contributed by atoms with E-state index in [1.165, 1.54) is 11.3 Å². The number of phenolic OH excluding ortho intramolecular Hbond substituents is 1. The third-order valence-electron chi connectivity index (χ3n) is 2.12. The number of aromatic hydroxyl groups is 1. The molecule has 0 bridgehead atoms. The van der Waals surface area contributed by atoms with Crippen LogP contribution in [-0.2, 0) is 6.42 Å². The van der Waals surface area contributed by atoms with Crippen LogP contribution < -0.4 is 0 Å². The molecule has 0 aliphatic heterocycles. The quantitative estimate of drug-likeness (QED) is 0.834. The number of benzene rings is 1. The van der Waals surface area contributed by atoms with E-state index < -0.39 is 6.10 Å². The minimum Gasteiger partial charge on any atom is -0.508 e. The van der Waals surface area contributed by atoms with E-state index in [1.54, 1.807) is 29.9 Å². The summed E-state index contributed by atoms with van der Waals surface area (Å²) in [5.41, 5.74) is 2.61. The summed E-state index contributed by atoms with van der Waals surface area (Å²) in [5, 5.41) is 19.1. The fourth-order valence-electron chi connectivity index (χ4n) is 1.40. The zero-order chi connectivity index (χ0) is 10.7. The van der Waals surface area contributed by atoms with Gasteiger partial charge in [0.25, 0.3) is 0 Å². The number of hydrogen-bond donors (Lipinski definition) is 2. The van der Waals surface area contributed by atoms with E-state index in [2.05, 4.69) is 4.98 Å². The Morgan fingerprint density at radius 3 is 2.93 bits per heavy atom. The topological polar surface area (TPSA) is 53.4 Å². The Labute approximate surface area is 91.7 Å². The zero-order valence-electron chi connectivity index (χ0n) is 8.00. The molecule has 15 heavy (non-hydrogen) atoms. The molecule has 0 spiro atoms. The van der Waals surface area contributed by atoms with E-state index in [-0.39, 0.29) is 5.75 Å². The number of phenols is 1. The van der Waals surface area contributed by atoms with E-state index in [0.717, 1.165) is 10.4 Å². The van der Waals surface area contributed by atoms with Gasteiger partial charge in [0.15, 0.2) is 0 Å². The Hall–Kier alpha value is -1.39. The standard InChI is InChI=1S/C11H11NO2S/c13-9-3-1-2-8(4-9)5-10(14)11-6-12-7-15-11/h1-4,6-7,10,13-14H,5H2. The van der Waals surface area contributed by atoms with Crippen LogP contribution in [0.25, 0.3) is 0 Å². The monoisotopic (exact) mass is 221 g/mol. The maximum absolute atomic E-state index is 9.84. The summed E-state index contributed by atoms with van der Waals surface area (Å²) in [6, 6.07) is 6.92. The number of rotatable bonds is 3. The molecule has 0 amide bonds. The molecule has 1 atom stereocenters. The van der Waals surface area contributed by atoms with Crippen molar-refractivity contribution in [3.8, 4) is 5.75 Å². The van der Waals surface area contributed by atoms with Crippen LogP contribution in [0, 0.1) is 0 Å². The maximum atomic E-state index is 9.84. The molecule has 4 heteroatoms. The summed E-state index contributed by atoms with van der Waals surface area (Å²) < 4.78 is 0. The highest BCUT2D eigenvalue weighted by Gasteiger charge is 2.10. The summed E-state index contributed by atoms with van der Waals surface area (Å²) in [6.07, 6.45) is 1.62. The second-order valence-electron chi connectivity index (χ2n) is 3.29. The van der Waals surface area contributed by atoms with Crippen molar-refractivity contribution in [3.63, 3.8) is 0 Å². The van der Waals surface area contributed by atoms with E-state index in [9.17, 15) is 10.2 Å². The van der Waals surface area contributed by atoms with Crippen LogP contribution in [-0.4, -0.2) is 15.2 Å². The van der Waals surface area contributed by atoms with E-state index in [1.807, 2.05) is 6.07 Å². The maximum Gasteiger partial charge on any atom is 0.115 e. The second kappa shape index (κ2) is 4.42. The molecule has 2 N–H and O–H groups in total. The molecule has 1 heterocycles. The summed E-state index contributed by atoms with van der Waals surface area (Å²) >= 11 is 1.43. The van der Waals surface area contributed by atoms with Gasteiger partial charge in [-0.1, -0.05) is 12.1 Å². The zero-order valence-corrected chi connectivity index (χ0v) is 8.81. The van der Waals surface area contributed by atoms with Gasteiger partial charge in [-0.15, -0.1) is 11.3 Å². The lowest BCUT2D eigenvalue weighted by Gasteiger charge is -2.07. The highest BCUT2D eigenvalue weighted by Crippen LogP contribution is 2.22. The average Bonchev–Trinajstić information content (AvgIpc) is 2.70. The van der Waals surface area contributed by atoms with Crippen molar-refractivity contribution in [1.29, 1.82) is 0 Å². The Kier molecular flexibility index (Phi) is 2.99. The van der Waals surface area contributed by atoms with Gasteiger partial charge in [0.2, 0.25) is 0 Å². The molecule has 1 aromatic heterocycles. The predicted molar refractivity (Wildman–Crippen MR) is 58.9 cm³/mol. The molecule has 0 saturated carbocycles. The van der Waals surface area contributed by atoms with Gasteiger partial charge in [-0.3, -0.25) is 4.98 Å². The third-order valence-corrected chi connectivity index (χ3v) is 3.00. The van der Waals surface area contributed by atoms with Crippen molar-refractivity contribution in [2.75, 3.05) is 0 Å². The first kappa shape index (κ1) is 10.1. The first-order chi connectivity index (χ1) is 7.25. The average molecular weight is 221 g/mol. The molecule has 2 aromatic rings. The second-order valence-corrected chi connectivity index (χ2v) is 4.21. The Bertz CT molecular complexity index is 428. The fourth-order valence-corrected chi connectivity index (χ4v) is 2.00. The van der Waals surface area contributed by atoms with Crippen LogP contribution in [0.15, 0.2) is 36.0 Å². The molecule has 2 rings (SSSR count). The van der Waals surface area contributed by atoms with E-state index >= 15 is 0 Å². The molecule has 0 aliphatic rings. The minimum atomic E-state index is -0.542. The highest BCUT2D eigenvalue weighted by molar-refractivity contribution is 7.09.